The van der Waals surface area contributed by atoms with Gasteiger partial charge < -0.3 is 21.8 Å². The molecule has 0 saturated heterocycles. The molecule has 0 aliphatic heterocycles. The van der Waals surface area contributed by atoms with Crippen LogP contribution in [-0.4, -0.2) is 43.2 Å². The number of benzene rings is 1. The number of carbonyl (C=O) groups is 1. The third-order valence-electron chi connectivity index (χ3n) is 5.83. The fourth-order valence-electron chi connectivity index (χ4n) is 3.96. The highest BCUT2D eigenvalue weighted by Crippen LogP contribution is 2.39. The topological polar surface area (TPSA) is 104 Å². The number of pyridine rings is 1. The Labute approximate surface area is 190 Å². The maximum Gasteiger partial charge on any atom is 0.151 e. The van der Waals surface area contributed by atoms with Gasteiger partial charge in [0.1, 0.15) is 5.82 Å². The molecule has 1 aromatic heterocycles. The summed E-state index contributed by atoms with van der Waals surface area (Å²) < 4.78 is 0. The Morgan fingerprint density at radius 2 is 2.03 bits per heavy atom. The lowest BCUT2D eigenvalue weighted by molar-refractivity contribution is 0.112. The zero-order valence-corrected chi connectivity index (χ0v) is 19.4. The minimum absolute atomic E-state index is 0.137. The predicted molar refractivity (Wildman–Crippen MR) is 130 cm³/mol. The molecular weight excluding hydrogens is 410 g/mol. The molecule has 0 unspecified atom stereocenters. The Kier molecular flexibility index (Phi) is 9.62. The normalized spacial score (nSPS) is 20.5. The lowest BCUT2D eigenvalue weighted by atomic mass is 9.68. The first-order valence-electron chi connectivity index (χ1n) is 10.7. The highest BCUT2D eigenvalue weighted by atomic mass is 35.5. The molecule has 7 heteroatoms. The van der Waals surface area contributed by atoms with E-state index in [1.54, 1.807) is 6.07 Å². The van der Waals surface area contributed by atoms with Gasteiger partial charge in [-0.1, -0.05) is 23.7 Å². The average molecular weight is 444 g/mol. The number of aldehydes is 1. The minimum Gasteiger partial charge on any atom is -0.367 e. The van der Waals surface area contributed by atoms with Crippen molar-refractivity contribution in [1.29, 1.82) is 5.41 Å². The molecule has 6 nitrogen and oxygen atoms in total. The van der Waals surface area contributed by atoms with Crippen molar-refractivity contribution in [1.82, 2.24) is 10.3 Å². The van der Waals surface area contributed by atoms with Gasteiger partial charge in [0.2, 0.25) is 0 Å². The Balaban J connectivity index is 0.000000225. The van der Waals surface area contributed by atoms with Crippen LogP contribution in [0, 0.1) is 5.41 Å². The van der Waals surface area contributed by atoms with Crippen molar-refractivity contribution >= 4 is 29.9 Å². The molecule has 3 rings (SSSR count). The van der Waals surface area contributed by atoms with E-state index in [4.69, 9.17) is 22.7 Å². The zero-order valence-electron chi connectivity index (χ0n) is 18.6. The third kappa shape index (κ3) is 6.86. The van der Waals surface area contributed by atoms with E-state index in [1.807, 2.05) is 33.0 Å². The Morgan fingerprint density at radius 3 is 2.55 bits per heavy atom. The number of carbonyl (C=O) groups excluding carboxylic acids is 1. The standard InChI is InChI=1S/C14H21ClN2.C10H13N3O/c1-17-13-5-7-14(10-16,8-6-13)11-3-2-4-12(15)9-11;1-7(2)13-10-9(4-11)3-8(6-14)5-12-10/h2-4,9,13,17H,5-8,10,16H2,1H3;3-7,11H,1-2H3,(H,12,13). The molecule has 0 amide bonds. The first kappa shape index (κ1) is 25.0. The summed E-state index contributed by atoms with van der Waals surface area (Å²) in [6.07, 6.45) is 8.08. The fraction of sp³-hybridized carbons (Fsp3) is 0.458. The maximum atomic E-state index is 10.5. The summed E-state index contributed by atoms with van der Waals surface area (Å²) in [7, 11) is 2.04. The van der Waals surface area contributed by atoms with E-state index in [1.165, 1.54) is 30.8 Å². The van der Waals surface area contributed by atoms with E-state index >= 15 is 0 Å². The van der Waals surface area contributed by atoms with E-state index in [0.717, 1.165) is 24.2 Å². The quantitative estimate of drug-likeness (QED) is 0.374. The van der Waals surface area contributed by atoms with Crippen LogP contribution < -0.4 is 16.4 Å². The third-order valence-corrected chi connectivity index (χ3v) is 6.07. The molecule has 0 radical (unpaired) electrons. The summed E-state index contributed by atoms with van der Waals surface area (Å²) >= 11 is 6.09. The van der Waals surface area contributed by atoms with Gasteiger partial charge in [-0.25, -0.2) is 4.98 Å². The van der Waals surface area contributed by atoms with Crippen molar-refractivity contribution in [2.75, 3.05) is 18.9 Å². The molecule has 168 valence electrons. The van der Waals surface area contributed by atoms with E-state index in [9.17, 15) is 4.79 Å². The van der Waals surface area contributed by atoms with E-state index in [-0.39, 0.29) is 11.5 Å². The number of nitrogens with one attached hydrogen (secondary N) is 3. The molecule has 1 aliphatic rings. The van der Waals surface area contributed by atoms with Gasteiger partial charge in [-0.15, -0.1) is 0 Å². The first-order chi connectivity index (χ1) is 14.9. The summed E-state index contributed by atoms with van der Waals surface area (Å²) in [4.78, 5) is 14.5. The Bertz CT molecular complexity index is 863. The van der Waals surface area contributed by atoms with Gasteiger partial charge in [0.15, 0.2) is 6.29 Å². The maximum absolute atomic E-state index is 10.5. The number of anilines is 1. The summed E-state index contributed by atoms with van der Waals surface area (Å²) in [6.45, 7) is 4.69. The van der Waals surface area contributed by atoms with Crippen LogP contribution in [0.5, 0.6) is 0 Å². The molecule has 1 heterocycles. The van der Waals surface area contributed by atoms with Gasteiger partial charge in [0.05, 0.1) is 0 Å². The van der Waals surface area contributed by atoms with Crippen LogP contribution in [0.1, 0.15) is 61.0 Å². The SMILES string of the molecule is CC(C)Nc1ncc(C=O)cc1C=N.CNC1CCC(CN)(c2cccc(Cl)c2)CC1. The van der Waals surface area contributed by atoms with Crippen molar-refractivity contribution in [3.63, 3.8) is 0 Å². The van der Waals surface area contributed by atoms with Crippen LogP contribution in [-0.2, 0) is 5.41 Å². The van der Waals surface area contributed by atoms with Crippen LogP contribution in [0.4, 0.5) is 5.82 Å². The fourth-order valence-corrected chi connectivity index (χ4v) is 4.15. The van der Waals surface area contributed by atoms with E-state index < -0.39 is 0 Å². The highest BCUT2D eigenvalue weighted by Gasteiger charge is 2.35. The summed E-state index contributed by atoms with van der Waals surface area (Å²) in [5.74, 6) is 0.639. The second kappa shape index (κ2) is 11.9. The number of nitrogens with two attached hydrogens (primary N) is 1. The first-order valence-corrected chi connectivity index (χ1v) is 11.1. The molecule has 0 spiro atoms. The second-order valence-electron chi connectivity index (χ2n) is 8.33. The van der Waals surface area contributed by atoms with Gasteiger partial charge in [-0.05, 0) is 70.3 Å². The van der Waals surface area contributed by atoms with Crippen LogP contribution in [0.2, 0.25) is 5.02 Å². The smallest absolute Gasteiger partial charge is 0.151 e. The van der Waals surface area contributed by atoms with Crippen LogP contribution in [0.3, 0.4) is 0 Å². The van der Waals surface area contributed by atoms with Gasteiger partial charge >= 0.3 is 0 Å². The molecule has 5 N–H and O–H groups in total. The Hall–Kier alpha value is -2.28. The summed E-state index contributed by atoms with van der Waals surface area (Å²) in [5, 5.41) is 14.4. The number of hydrogen-bond donors (Lipinski definition) is 4. The molecule has 31 heavy (non-hydrogen) atoms. The van der Waals surface area contributed by atoms with E-state index in [2.05, 4.69) is 27.8 Å². The highest BCUT2D eigenvalue weighted by molar-refractivity contribution is 6.30. The zero-order chi connectivity index (χ0) is 22.9. The van der Waals surface area contributed by atoms with Crippen LogP contribution in [0.25, 0.3) is 0 Å². The molecule has 0 bridgehead atoms. The van der Waals surface area contributed by atoms with Crippen molar-refractivity contribution in [3.8, 4) is 0 Å². The number of rotatable bonds is 7. The molecule has 1 aliphatic carbocycles. The van der Waals surface area contributed by atoms with Gasteiger partial charge in [-0.2, -0.15) is 0 Å². The molecule has 1 fully saturated rings. The molecular formula is C24H34ClN5O. The molecule has 1 aromatic carbocycles. The van der Waals surface area contributed by atoms with E-state index in [0.29, 0.717) is 29.5 Å². The summed E-state index contributed by atoms with van der Waals surface area (Å²) in [5.41, 5.74) is 8.60. The summed E-state index contributed by atoms with van der Waals surface area (Å²) in [6, 6.07) is 10.7. The van der Waals surface area contributed by atoms with Crippen molar-refractivity contribution in [3.05, 3.63) is 58.2 Å². The van der Waals surface area contributed by atoms with Crippen LogP contribution >= 0.6 is 11.6 Å². The second-order valence-corrected chi connectivity index (χ2v) is 8.76. The van der Waals surface area contributed by atoms with Crippen LogP contribution in [0.15, 0.2) is 36.5 Å². The Morgan fingerprint density at radius 1 is 1.32 bits per heavy atom. The monoisotopic (exact) mass is 443 g/mol. The van der Waals surface area contributed by atoms with Gasteiger partial charge in [0.25, 0.3) is 0 Å². The number of nitrogens with zero attached hydrogens (tertiary/aromatic N) is 1. The van der Waals surface area contributed by atoms with Crippen molar-refractivity contribution in [2.45, 2.75) is 57.0 Å². The number of aromatic nitrogens is 1. The molecule has 2 aromatic rings. The molecule has 0 atom stereocenters. The lowest BCUT2D eigenvalue weighted by Crippen LogP contribution is -2.43. The average Bonchev–Trinajstić information content (AvgIpc) is 2.79. The largest absolute Gasteiger partial charge is 0.367 e. The lowest BCUT2D eigenvalue weighted by Gasteiger charge is -2.40. The number of halogens is 1. The predicted octanol–water partition coefficient (Wildman–Crippen LogP) is 4.41. The van der Waals surface area contributed by atoms with Crippen molar-refractivity contribution < 1.29 is 4.79 Å². The van der Waals surface area contributed by atoms with Crippen molar-refractivity contribution in [2.24, 2.45) is 5.73 Å². The molecule has 1 saturated carbocycles. The van der Waals surface area contributed by atoms with Gasteiger partial charge in [0, 0.05) is 52.6 Å². The minimum atomic E-state index is 0.137. The van der Waals surface area contributed by atoms with Gasteiger partial charge in [-0.3, -0.25) is 4.79 Å². The number of hydrogen-bond acceptors (Lipinski definition) is 6.